The summed E-state index contributed by atoms with van der Waals surface area (Å²) < 4.78 is 5.06. The molecule has 0 atom stereocenters. The molecule has 0 amide bonds. The maximum absolute atomic E-state index is 5.06. The standard InChI is InChI=1S/C14H20N4O/c1-4-12-17-13(15-5-2)10(3)14(18-12)16-8-11-6-7-19-9-11/h6-7,9H,4-5,8H2,1-3H3,(H2,15,16,17,18). The summed E-state index contributed by atoms with van der Waals surface area (Å²) in [7, 11) is 0. The van der Waals surface area contributed by atoms with E-state index in [9.17, 15) is 0 Å². The van der Waals surface area contributed by atoms with Gasteiger partial charge in [0.2, 0.25) is 0 Å². The Morgan fingerprint density at radius 1 is 1.16 bits per heavy atom. The summed E-state index contributed by atoms with van der Waals surface area (Å²) in [5, 5.41) is 6.61. The predicted octanol–water partition coefficient (Wildman–Crippen LogP) is 2.98. The Labute approximate surface area is 113 Å². The number of rotatable bonds is 6. The summed E-state index contributed by atoms with van der Waals surface area (Å²) in [6.07, 6.45) is 4.22. The molecular formula is C14H20N4O. The Bertz CT molecular complexity index is 522. The molecule has 2 heterocycles. The van der Waals surface area contributed by atoms with E-state index in [0.717, 1.165) is 41.6 Å². The maximum Gasteiger partial charge on any atom is 0.135 e. The number of furan rings is 1. The number of hydrogen-bond donors (Lipinski definition) is 2. The smallest absolute Gasteiger partial charge is 0.135 e. The van der Waals surface area contributed by atoms with Crippen LogP contribution >= 0.6 is 0 Å². The van der Waals surface area contributed by atoms with Crippen molar-refractivity contribution in [2.75, 3.05) is 17.2 Å². The first-order valence-electron chi connectivity index (χ1n) is 6.60. The molecule has 5 heteroatoms. The van der Waals surface area contributed by atoms with Crippen LogP contribution in [0, 0.1) is 6.92 Å². The third kappa shape index (κ3) is 3.24. The second-order valence-corrected chi connectivity index (χ2v) is 4.33. The van der Waals surface area contributed by atoms with E-state index < -0.39 is 0 Å². The van der Waals surface area contributed by atoms with Crippen molar-refractivity contribution in [1.29, 1.82) is 0 Å². The van der Waals surface area contributed by atoms with E-state index in [-0.39, 0.29) is 0 Å². The molecule has 2 aromatic heterocycles. The molecule has 0 spiro atoms. The van der Waals surface area contributed by atoms with Gasteiger partial charge in [-0.2, -0.15) is 0 Å². The van der Waals surface area contributed by atoms with Crippen LogP contribution in [0.25, 0.3) is 0 Å². The summed E-state index contributed by atoms with van der Waals surface area (Å²) in [4.78, 5) is 9.05. The fraction of sp³-hybridized carbons (Fsp3) is 0.429. The molecule has 2 N–H and O–H groups in total. The second kappa shape index (κ2) is 6.22. The zero-order valence-corrected chi connectivity index (χ0v) is 11.7. The normalized spacial score (nSPS) is 10.5. The van der Waals surface area contributed by atoms with Gasteiger partial charge in [-0.05, 0) is 19.9 Å². The molecule has 0 aliphatic rings. The minimum atomic E-state index is 0.697. The van der Waals surface area contributed by atoms with E-state index in [1.54, 1.807) is 12.5 Å². The van der Waals surface area contributed by atoms with E-state index in [4.69, 9.17) is 4.42 Å². The Kier molecular flexibility index (Phi) is 4.39. The first kappa shape index (κ1) is 13.4. The van der Waals surface area contributed by atoms with Crippen LogP contribution in [0.5, 0.6) is 0 Å². The van der Waals surface area contributed by atoms with Gasteiger partial charge in [-0.25, -0.2) is 9.97 Å². The van der Waals surface area contributed by atoms with E-state index >= 15 is 0 Å². The molecule has 0 radical (unpaired) electrons. The SMILES string of the molecule is CCNc1nc(CC)nc(NCc2ccoc2)c1C. The average molecular weight is 260 g/mol. The van der Waals surface area contributed by atoms with Gasteiger partial charge in [-0.1, -0.05) is 6.92 Å². The second-order valence-electron chi connectivity index (χ2n) is 4.33. The van der Waals surface area contributed by atoms with E-state index in [0.29, 0.717) is 6.54 Å². The van der Waals surface area contributed by atoms with Gasteiger partial charge >= 0.3 is 0 Å². The highest BCUT2D eigenvalue weighted by atomic mass is 16.3. The molecule has 2 rings (SSSR count). The number of aromatic nitrogens is 2. The van der Waals surface area contributed by atoms with Crippen molar-refractivity contribution in [3.8, 4) is 0 Å². The van der Waals surface area contributed by atoms with Crippen molar-refractivity contribution < 1.29 is 4.42 Å². The van der Waals surface area contributed by atoms with Crippen LogP contribution in [0.1, 0.15) is 30.8 Å². The summed E-state index contributed by atoms with van der Waals surface area (Å²) in [6, 6.07) is 1.94. The van der Waals surface area contributed by atoms with Gasteiger partial charge in [0.15, 0.2) is 0 Å². The van der Waals surface area contributed by atoms with Crippen LogP contribution in [0.4, 0.5) is 11.6 Å². The molecule has 0 fully saturated rings. The lowest BCUT2D eigenvalue weighted by Crippen LogP contribution is -2.10. The van der Waals surface area contributed by atoms with Crippen LogP contribution < -0.4 is 10.6 Å². The van der Waals surface area contributed by atoms with Gasteiger partial charge in [-0.15, -0.1) is 0 Å². The van der Waals surface area contributed by atoms with Gasteiger partial charge in [0.1, 0.15) is 17.5 Å². The molecule has 0 aromatic carbocycles. The zero-order valence-electron chi connectivity index (χ0n) is 11.7. The third-order valence-corrected chi connectivity index (χ3v) is 2.89. The molecule has 2 aromatic rings. The fourth-order valence-electron chi connectivity index (χ4n) is 1.81. The number of hydrogen-bond acceptors (Lipinski definition) is 5. The molecule has 102 valence electrons. The minimum Gasteiger partial charge on any atom is -0.472 e. The third-order valence-electron chi connectivity index (χ3n) is 2.89. The quantitative estimate of drug-likeness (QED) is 0.836. The highest BCUT2D eigenvalue weighted by Crippen LogP contribution is 2.20. The molecule has 0 aliphatic carbocycles. The van der Waals surface area contributed by atoms with E-state index in [1.165, 1.54) is 0 Å². The summed E-state index contributed by atoms with van der Waals surface area (Å²) >= 11 is 0. The van der Waals surface area contributed by atoms with Crippen LogP contribution in [-0.4, -0.2) is 16.5 Å². The lowest BCUT2D eigenvalue weighted by Gasteiger charge is -2.13. The maximum atomic E-state index is 5.06. The molecular weight excluding hydrogens is 240 g/mol. The number of nitrogens with zero attached hydrogens (tertiary/aromatic N) is 2. The Morgan fingerprint density at radius 3 is 2.47 bits per heavy atom. The van der Waals surface area contributed by atoms with Crippen molar-refractivity contribution in [3.05, 3.63) is 35.5 Å². The van der Waals surface area contributed by atoms with Crippen molar-refractivity contribution in [1.82, 2.24) is 9.97 Å². The topological polar surface area (TPSA) is 63.0 Å². The monoisotopic (exact) mass is 260 g/mol. The average Bonchev–Trinajstić information content (AvgIpc) is 2.93. The van der Waals surface area contributed by atoms with Crippen molar-refractivity contribution in [2.24, 2.45) is 0 Å². The molecule has 0 unspecified atom stereocenters. The Balaban J connectivity index is 2.20. The van der Waals surface area contributed by atoms with Gasteiger partial charge in [0, 0.05) is 30.6 Å². The first-order valence-corrected chi connectivity index (χ1v) is 6.60. The predicted molar refractivity (Wildman–Crippen MR) is 76.3 cm³/mol. The van der Waals surface area contributed by atoms with Gasteiger partial charge < -0.3 is 15.1 Å². The highest BCUT2D eigenvalue weighted by molar-refractivity contribution is 5.57. The van der Waals surface area contributed by atoms with Crippen LogP contribution in [0.2, 0.25) is 0 Å². The van der Waals surface area contributed by atoms with Crippen molar-refractivity contribution >= 4 is 11.6 Å². The van der Waals surface area contributed by atoms with Gasteiger partial charge in [0.05, 0.1) is 12.5 Å². The van der Waals surface area contributed by atoms with E-state index in [1.807, 2.05) is 13.0 Å². The Hall–Kier alpha value is -2.04. The first-order chi connectivity index (χ1) is 9.24. The van der Waals surface area contributed by atoms with Crippen LogP contribution in [0.15, 0.2) is 23.0 Å². The Morgan fingerprint density at radius 2 is 1.89 bits per heavy atom. The van der Waals surface area contributed by atoms with Crippen molar-refractivity contribution in [3.63, 3.8) is 0 Å². The number of nitrogens with one attached hydrogen (secondary N) is 2. The van der Waals surface area contributed by atoms with Crippen LogP contribution in [0.3, 0.4) is 0 Å². The van der Waals surface area contributed by atoms with E-state index in [2.05, 4.69) is 34.4 Å². The van der Waals surface area contributed by atoms with Gasteiger partial charge in [-0.3, -0.25) is 0 Å². The summed E-state index contributed by atoms with van der Waals surface area (Å²) in [5.74, 6) is 2.63. The minimum absolute atomic E-state index is 0.697. The van der Waals surface area contributed by atoms with Crippen LogP contribution in [-0.2, 0) is 13.0 Å². The zero-order chi connectivity index (χ0) is 13.7. The largest absolute Gasteiger partial charge is 0.472 e. The molecule has 0 saturated carbocycles. The van der Waals surface area contributed by atoms with Gasteiger partial charge in [0.25, 0.3) is 0 Å². The summed E-state index contributed by atoms with van der Waals surface area (Å²) in [6.45, 7) is 7.69. The highest BCUT2D eigenvalue weighted by Gasteiger charge is 2.09. The molecule has 0 saturated heterocycles. The number of anilines is 2. The molecule has 19 heavy (non-hydrogen) atoms. The molecule has 0 aliphatic heterocycles. The molecule has 0 bridgehead atoms. The lowest BCUT2D eigenvalue weighted by molar-refractivity contribution is 0.564. The fourth-order valence-corrected chi connectivity index (χ4v) is 1.81. The summed E-state index contributed by atoms with van der Waals surface area (Å²) in [5.41, 5.74) is 2.14. The van der Waals surface area contributed by atoms with Crippen molar-refractivity contribution in [2.45, 2.75) is 33.7 Å². The number of aryl methyl sites for hydroxylation is 1. The lowest BCUT2D eigenvalue weighted by atomic mass is 10.2. The molecule has 5 nitrogen and oxygen atoms in total.